The Bertz CT molecular complexity index is 268. The maximum absolute atomic E-state index is 3.46. The summed E-state index contributed by atoms with van der Waals surface area (Å²) < 4.78 is 0. The average Bonchev–Trinajstić information content (AvgIpc) is 2.19. The van der Waals surface area contributed by atoms with Crippen molar-refractivity contribution in [2.24, 2.45) is 0 Å². The first kappa shape index (κ1) is 11.1. The molecule has 0 radical (unpaired) electrons. The molecular formula is C13H21N. The molecule has 1 aromatic rings. The predicted molar refractivity (Wildman–Crippen MR) is 63.8 cm³/mol. The maximum atomic E-state index is 3.46. The highest BCUT2D eigenvalue weighted by Gasteiger charge is 2.11. The van der Waals surface area contributed by atoms with Crippen LogP contribution >= 0.6 is 0 Å². The molecule has 0 saturated heterocycles. The van der Waals surface area contributed by atoms with Gasteiger partial charge in [0.2, 0.25) is 0 Å². The molecule has 0 aromatic heterocycles. The molecule has 1 nitrogen and oxygen atoms in total. The third-order valence-electron chi connectivity index (χ3n) is 2.27. The van der Waals surface area contributed by atoms with Gasteiger partial charge in [-0.1, -0.05) is 38.5 Å². The fourth-order valence-electron chi connectivity index (χ4n) is 1.59. The highest BCUT2D eigenvalue weighted by atomic mass is 14.9. The van der Waals surface area contributed by atoms with Gasteiger partial charge in [0.25, 0.3) is 0 Å². The quantitative estimate of drug-likeness (QED) is 0.657. The van der Waals surface area contributed by atoms with Crippen molar-refractivity contribution in [2.45, 2.75) is 46.1 Å². The molecule has 1 aliphatic rings. The topological polar surface area (TPSA) is 12.0 Å². The summed E-state index contributed by atoms with van der Waals surface area (Å²) in [6.07, 6.45) is 3.74. The summed E-state index contributed by atoms with van der Waals surface area (Å²) in [5.41, 5.74) is 2.79. The Kier molecular flexibility index (Phi) is 4.51. The summed E-state index contributed by atoms with van der Waals surface area (Å²) in [5, 5.41) is 3.46. The van der Waals surface area contributed by atoms with Crippen LogP contribution in [0.3, 0.4) is 0 Å². The minimum absolute atomic E-state index is 0.643. The molecule has 0 spiro atoms. The molecule has 0 bridgehead atoms. The molecule has 1 heteroatoms. The third kappa shape index (κ3) is 3.06. The number of nitrogens with one attached hydrogen (secondary N) is 1. The Balaban J connectivity index is 0.000000293. The number of anilines is 1. The molecule has 1 N–H and O–H groups in total. The van der Waals surface area contributed by atoms with Gasteiger partial charge in [0, 0.05) is 11.7 Å². The van der Waals surface area contributed by atoms with Crippen LogP contribution in [-0.4, -0.2) is 6.04 Å². The maximum Gasteiger partial charge on any atom is 0.0374 e. The molecule has 1 unspecified atom stereocenters. The smallest absolute Gasteiger partial charge is 0.0374 e. The highest BCUT2D eigenvalue weighted by molar-refractivity contribution is 5.53. The minimum atomic E-state index is 0.643. The van der Waals surface area contributed by atoms with Gasteiger partial charge in [-0.2, -0.15) is 0 Å². The van der Waals surface area contributed by atoms with E-state index >= 15 is 0 Å². The number of aryl methyl sites for hydroxylation is 1. The zero-order chi connectivity index (χ0) is 10.4. The van der Waals surface area contributed by atoms with E-state index in [0.717, 1.165) is 0 Å². The molecule has 0 aliphatic carbocycles. The lowest BCUT2D eigenvalue weighted by atomic mass is 9.99. The molecule has 1 atom stereocenters. The van der Waals surface area contributed by atoms with Crippen LogP contribution in [0.4, 0.5) is 5.69 Å². The third-order valence-corrected chi connectivity index (χ3v) is 2.27. The Labute approximate surface area is 87.5 Å². The summed E-state index contributed by atoms with van der Waals surface area (Å²) >= 11 is 0. The van der Waals surface area contributed by atoms with E-state index < -0.39 is 0 Å². The van der Waals surface area contributed by atoms with Crippen LogP contribution in [0.2, 0.25) is 0 Å². The number of hydrogen-bond donors (Lipinski definition) is 1. The van der Waals surface area contributed by atoms with Crippen LogP contribution in [0.15, 0.2) is 24.3 Å². The monoisotopic (exact) mass is 191 g/mol. The van der Waals surface area contributed by atoms with Crippen molar-refractivity contribution in [3.63, 3.8) is 0 Å². The molecule has 1 aliphatic heterocycles. The SMILES string of the molecule is CC1CCc2ccccc2N1.CCC. The molecule has 0 fully saturated rings. The van der Waals surface area contributed by atoms with Gasteiger partial charge >= 0.3 is 0 Å². The van der Waals surface area contributed by atoms with Gasteiger partial charge in [0.1, 0.15) is 0 Å². The van der Waals surface area contributed by atoms with Crippen molar-refractivity contribution in [3.05, 3.63) is 29.8 Å². The molecule has 14 heavy (non-hydrogen) atoms. The first-order valence-corrected chi connectivity index (χ1v) is 5.62. The molecule has 1 heterocycles. The number of rotatable bonds is 0. The predicted octanol–water partition coefficient (Wildman–Crippen LogP) is 3.85. The number of hydrogen-bond acceptors (Lipinski definition) is 1. The van der Waals surface area contributed by atoms with Gasteiger partial charge in [-0.05, 0) is 31.4 Å². The van der Waals surface area contributed by atoms with Crippen molar-refractivity contribution in [3.8, 4) is 0 Å². The fraction of sp³-hybridized carbons (Fsp3) is 0.538. The second kappa shape index (κ2) is 5.69. The van der Waals surface area contributed by atoms with E-state index in [9.17, 15) is 0 Å². The molecular weight excluding hydrogens is 170 g/mol. The van der Waals surface area contributed by atoms with Crippen LogP contribution in [0.5, 0.6) is 0 Å². The lowest BCUT2D eigenvalue weighted by molar-refractivity contribution is 0.681. The zero-order valence-corrected chi connectivity index (χ0v) is 9.51. The lowest BCUT2D eigenvalue weighted by Gasteiger charge is -2.23. The van der Waals surface area contributed by atoms with Gasteiger partial charge in [0.05, 0.1) is 0 Å². The van der Waals surface area contributed by atoms with E-state index in [1.54, 1.807) is 0 Å². The zero-order valence-electron chi connectivity index (χ0n) is 9.51. The van der Waals surface area contributed by atoms with Gasteiger partial charge in [-0.3, -0.25) is 0 Å². The highest BCUT2D eigenvalue weighted by Crippen LogP contribution is 2.23. The van der Waals surface area contributed by atoms with Crippen molar-refractivity contribution in [1.82, 2.24) is 0 Å². The summed E-state index contributed by atoms with van der Waals surface area (Å²) in [7, 11) is 0. The molecule has 2 rings (SSSR count). The molecule has 0 saturated carbocycles. The normalized spacial score (nSPS) is 18.6. The van der Waals surface area contributed by atoms with Crippen molar-refractivity contribution >= 4 is 5.69 Å². The summed E-state index contributed by atoms with van der Waals surface area (Å²) in [5.74, 6) is 0. The second-order valence-electron chi connectivity index (χ2n) is 3.95. The number of benzene rings is 1. The lowest BCUT2D eigenvalue weighted by Crippen LogP contribution is -2.21. The molecule has 0 amide bonds. The van der Waals surface area contributed by atoms with E-state index in [1.165, 1.54) is 30.5 Å². The Morgan fingerprint density at radius 2 is 1.93 bits per heavy atom. The van der Waals surface area contributed by atoms with Crippen molar-refractivity contribution < 1.29 is 0 Å². The second-order valence-corrected chi connectivity index (χ2v) is 3.95. The van der Waals surface area contributed by atoms with E-state index in [-0.39, 0.29) is 0 Å². The molecule has 1 aromatic carbocycles. The van der Waals surface area contributed by atoms with Crippen LogP contribution in [0.1, 0.15) is 39.2 Å². The Morgan fingerprint density at radius 1 is 1.29 bits per heavy atom. The summed E-state index contributed by atoms with van der Waals surface area (Å²) in [4.78, 5) is 0. The van der Waals surface area contributed by atoms with Crippen LogP contribution < -0.4 is 5.32 Å². The fourth-order valence-corrected chi connectivity index (χ4v) is 1.59. The van der Waals surface area contributed by atoms with Gasteiger partial charge < -0.3 is 5.32 Å². The van der Waals surface area contributed by atoms with E-state index in [2.05, 4.69) is 50.4 Å². The Hall–Kier alpha value is -0.980. The Morgan fingerprint density at radius 3 is 2.64 bits per heavy atom. The van der Waals surface area contributed by atoms with Crippen LogP contribution in [0, 0.1) is 0 Å². The van der Waals surface area contributed by atoms with Gasteiger partial charge in [-0.15, -0.1) is 0 Å². The van der Waals surface area contributed by atoms with Crippen LogP contribution in [-0.2, 0) is 6.42 Å². The minimum Gasteiger partial charge on any atom is -0.382 e. The summed E-state index contributed by atoms with van der Waals surface area (Å²) in [6.45, 7) is 6.48. The summed E-state index contributed by atoms with van der Waals surface area (Å²) in [6, 6.07) is 9.20. The van der Waals surface area contributed by atoms with Crippen LogP contribution in [0.25, 0.3) is 0 Å². The first-order valence-electron chi connectivity index (χ1n) is 5.62. The first-order chi connectivity index (χ1) is 6.77. The average molecular weight is 191 g/mol. The molecule has 78 valence electrons. The van der Waals surface area contributed by atoms with Gasteiger partial charge in [-0.25, -0.2) is 0 Å². The number of para-hydroxylation sites is 1. The largest absolute Gasteiger partial charge is 0.382 e. The van der Waals surface area contributed by atoms with E-state index in [4.69, 9.17) is 0 Å². The van der Waals surface area contributed by atoms with E-state index in [0.29, 0.717) is 6.04 Å². The standard InChI is InChI=1S/C10H13N.C3H8/c1-8-6-7-9-4-2-3-5-10(9)11-8;1-3-2/h2-5,8,11H,6-7H2,1H3;3H2,1-2H3. The van der Waals surface area contributed by atoms with E-state index in [1.807, 2.05) is 0 Å². The number of fused-ring (bicyclic) bond motifs is 1. The van der Waals surface area contributed by atoms with Gasteiger partial charge in [0.15, 0.2) is 0 Å². The van der Waals surface area contributed by atoms with Crippen molar-refractivity contribution in [2.75, 3.05) is 5.32 Å². The van der Waals surface area contributed by atoms with Crippen molar-refractivity contribution in [1.29, 1.82) is 0 Å².